The van der Waals surface area contributed by atoms with Gasteiger partial charge in [-0.05, 0) is 57.1 Å². The van der Waals surface area contributed by atoms with Gasteiger partial charge >= 0.3 is 0 Å². The van der Waals surface area contributed by atoms with E-state index in [1.165, 1.54) is 16.8 Å². The summed E-state index contributed by atoms with van der Waals surface area (Å²) in [6, 6.07) is 6.56. The zero-order valence-corrected chi connectivity index (χ0v) is 15.2. The number of benzene rings is 1. The van der Waals surface area contributed by atoms with Gasteiger partial charge < -0.3 is 14.9 Å². The van der Waals surface area contributed by atoms with E-state index >= 15 is 0 Å². The van der Waals surface area contributed by atoms with Gasteiger partial charge in [0.15, 0.2) is 0 Å². The largest absolute Gasteiger partial charge is 0.388 e. The first-order chi connectivity index (χ1) is 11.0. The molecule has 1 atom stereocenters. The molecule has 5 heteroatoms. The highest BCUT2D eigenvalue weighted by Gasteiger charge is 2.24. The molecule has 1 aromatic heterocycles. The summed E-state index contributed by atoms with van der Waals surface area (Å²) < 4.78 is 0. The van der Waals surface area contributed by atoms with E-state index in [-0.39, 0.29) is 6.10 Å². The molecule has 0 fully saturated rings. The molecule has 0 radical (unpaired) electrons. The fraction of sp³-hybridized carbons (Fsp3) is 0.500. The van der Waals surface area contributed by atoms with Gasteiger partial charge in [0.2, 0.25) is 0 Å². The van der Waals surface area contributed by atoms with Crippen LogP contribution in [0, 0.1) is 0 Å². The average molecular weight is 331 g/mol. The molecule has 0 amide bonds. The molecule has 1 N–H and O–H groups in total. The number of fused-ring (bicyclic) bond motifs is 1. The first kappa shape index (κ1) is 16.4. The Bertz CT molecular complexity index is 694. The fourth-order valence-corrected chi connectivity index (χ4v) is 4.24. The molecule has 1 aromatic carbocycles. The average Bonchev–Trinajstić information content (AvgIpc) is 2.91. The van der Waals surface area contributed by atoms with Gasteiger partial charge in [0.1, 0.15) is 5.01 Å². The number of thiazole rings is 1. The Balaban J connectivity index is 2.04. The number of hydrogen-bond acceptors (Lipinski definition) is 5. The molecule has 23 heavy (non-hydrogen) atoms. The van der Waals surface area contributed by atoms with Crippen LogP contribution in [-0.2, 0) is 13.0 Å². The molecule has 0 aliphatic heterocycles. The number of aliphatic hydroxyl groups is 1. The van der Waals surface area contributed by atoms with Crippen molar-refractivity contribution in [2.24, 2.45) is 0 Å². The summed E-state index contributed by atoms with van der Waals surface area (Å²) >= 11 is 1.66. The lowest BCUT2D eigenvalue weighted by molar-refractivity contribution is 0.160. The second kappa shape index (κ2) is 6.59. The predicted octanol–water partition coefficient (Wildman–Crippen LogP) is 3.31. The van der Waals surface area contributed by atoms with E-state index < -0.39 is 0 Å². The predicted molar refractivity (Wildman–Crippen MR) is 97.2 cm³/mol. The van der Waals surface area contributed by atoms with Crippen LogP contribution in [0.15, 0.2) is 18.2 Å². The van der Waals surface area contributed by atoms with Crippen molar-refractivity contribution in [2.75, 3.05) is 33.1 Å². The van der Waals surface area contributed by atoms with Crippen molar-refractivity contribution in [3.8, 4) is 10.6 Å². The van der Waals surface area contributed by atoms with Crippen LogP contribution in [0.3, 0.4) is 0 Å². The molecule has 1 heterocycles. The second-order valence-corrected chi connectivity index (χ2v) is 7.74. The van der Waals surface area contributed by atoms with Crippen LogP contribution in [0.25, 0.3) is 10.6 Å². The highest BCUT2D eigenvalue weighted by Crippen LogP contribution is 2.39. The molecule has 1 unspecified atom stereocenters. The van der Waals surface area contributed by atoms with E-state index in [0.717, 1.165) is 41.4 Å². The van der Waals surface area contributed by atoms with Gasteiger partial charge in [0.05, 0.1) is 16.7 Å². The molecule has 0 saturated carbocycles. The Morgan fingerprint density at radius 3 is 2.70 bits per heavy atom. The van der Waals surface area contributed by atoms with Crippen molar-refractivity contribution in [1.29, 1.82) is 0 Å². The number of rotatable bonds is 4. The number of anilines is 1. The SMILES string of the molecule is CN(C)Cc1cc(N(C)C)ccc1-c1nc2c(s1)C(O)CCC2. The highest BCUT2D eigenvalue weighted by atomic mass is 32.1. The Kier molecular flexibility index (Phi) is 4.71. The molecule has 0 saturated heterocycles. The topological polar surface area (TPSA) is 39.6 Å². The molecule has 0 bridgehead atoms. The molecule has 1 aliphatic rings. The van der Waals surface area contributed by atoms with E-state index in [1.54, 1.807) is 11.3 Å². The summed E-state index contributed by atoms with van der Waals surface area (Å²) in [5, 5.41) is 11.2. The van der Waals surface area contributed by atoms with Crippen LogP contribution in [0.4, 0.5) is 5.69 Å². The van der Waals surface area contributed by atoms with E-state index in [4.69, 9.17) is 4.98 Å². The Morgan fingerprint density at radius 1 is 1.26 bits per heavy atom. The number of nitrogens with zero attached hydrogens (tertiary/aromatic N) is 3. The van der Waals surface area contributed by atoms with Crippen molar-refractivity contribution in [3.05, 3.63) is 34.3 Å². The number of aliphatic hydroxyl groups excluding tert-OH is 1. The minimum atomic E-state index is -0.330. The standard InChI is InChI=1S/C18H25N3OS/c1-20(2)11-12-10-13(21(3)4)8-9-14(12)18-19-15-6-5-7-16(22)17(15)23-18/h8-10,16,22H,5-7,11H2,1-4H3. The van der Waals surface area contributed by atoms with Gasteiger partial charge in [-0.2, -0.15) is 0 Å². The molecule has 124 valence electrons. The summed E-state index contributed by atoms with van der Waals surface area (Å²) in [6.45, 7) is 0.879. The van der Waals surface area contributed by atoms with Gasteiger partial charge in [-0.15, -0.1) is 11.3 Å². The molecular weight excluding hydrogens is 306 g/mol. The zero-order valence-electron chi connectivity index (χ0n) is 14.3. The molecule has 2 aromatic rings. The summed E-state index contributed by atoms with van der Waals surface area (Å²) in [7, 11) is 8.30. The minimum Gasteiger partial charge on any atom is -0.388 e. The third kappa shape index (κ3) is 3.42. The maximum Gasteiger partial charge on any atom is 0.124 e. The molecule has 4 nitrogen and oxygen atoms in total. The Hall–Kier alpha value is -1.43. The van der Waals surface area contributed by atoms with Gasteiger partial charge in [0.25, 0.3) is 0 Å². The van der Waals surface area contributed by atoms with Crippen molar-refractivity contribution < 1.29 is 5.11 Å². The fourth-order valence-electron chi connectivity index (χ4n) is 3.05. The van der Waals surface area contributed by atoms with Crippen LogP contribution < -0.4 is 4.90 Å². The van der Waals surface area contributed by atoms with Crippen LogP contribution in [0.1, 0.15) is 35.1 Å². The smallest absolute Gasteiger partial charge is 0.124 e. The minimum absolute atomic E-state index is 0.330. The van der Waals surface area contributed by atoms with Crippen molar-refractivity contribution >= 4 is 17.0 Å². The van der Waals surface area contributed by atoms with Crippen molar-refractivity contribution in [2.45, 2.75) is 31.9 Å². The molecule has 1 aliphatic carbocycles. The quantitative estimate of drug-likeness (QED) is 0.933. The second-order valence-electron chi connectivity index (χ2n) is 6.71. The van der Waals surface area contributed by atoms with E-state index in [2.05, 4.69) is 56.2 Å². The zero-order chi connectivity index (χ0) is 16.6. The maximum atomic E-state index is 10.2. The van der Waals surface area contributed by atoms with E-state index in [0.29, 0.717) is 0 Å². The molecular formula is C18H25N3OS. The van der Waals surface area contributed by atoms with Crippen molar-refractivity contribution in [3.63, 3.8) is 0 Å². The van der Waals surface area contributed by atoms with Crippen LogP contribution in [-0.4, -0.2) is 43.2 Å². The lowest BCUT2D eigenvalue weighted by Crippen LogP contribution is -2.13. The summed E-state index contributed by atoms with van der Waals surface area (Å²) in [4.78, 5) is 10.2. The molecule has 3 rings (SSSR count). The summed E-state index contributed by atoms with van der Waals surface area (Å²) in [6.07, 6.45) is 2.55. The van der Waals surface area contributed by atoms with Gasteiger partial charge in [-0.3, -0.25) is 0 Å². The molecule has 0 spiro atoms. The number of aromatic nitrogens is 1. The lowest BCUT2D eigenvalue weighted by Gasteiger charge is -2.18. The number of hydrogen-bond donors (Lipinski definition) is 1. The van der Waals surface area contributed by atoms with Crippen LogP contribution in [0.2, 0.25) is 0 Å². The lowest BCUT2D eigenvalue weighted by atomic mass is 10.0. The van der Waals surface area contributed by atoms with Crippen molar-refractivity contribution in [1.82, 2.24) is 9.88 Å². The van der Waals surface area contributed by atoms with Gasteiger partial charge in [-0.1, -0.05) is 0 Å². The van der Waals surface area contributed by atoms with E-state index in [9.17, 15) is 5.11 Å². The highest BCUT2D eigenvalue weighted by molar-refractivity contribution is 7.15. The van der Waals surface area contributed by atoms with Crippen LogP contribution in [0.5, 0.6) is 0 Å². The normalized spacial score (nSPS) is 17.4. The first-order valence-corrected chi connectivity index (χ1v) is 8.90. The monoisotopic (exact) mass is 331 g/mol. The first-order valence-electron chi connectivity index (χ1n) is 8.08. The van der Waals surface area contributed by atoms with Crippen LogP contribution >= 0.6 is 11.3 Å². The summed E-state index contributed by atoms with van der Waals surface area (Å²) in [5.74, 6) is 0. The van der Waals surface area contributed by atoms with Gasteiger partial charge in [0, 0.05) is 31.9 Å². The maximum absolute atomic E-state index is 10.2. The number of aryl methyl sites for hydroxylation is 1. The summed E-state index contributed by atoms with van der Waals surface area (Å²) in [5.41, 5.74) is 4.76. The third-order valence-electron chi connectivity index (χ3n) is 4.24. The van der Waals surface area contributed by atoms with Gasteiger partial charge in [-0.25, -0.2) is 4.98 Å². The Labute approximate surface area is 142 Å². The third-order valence-corrected chi connectivity index (χ3v) is 5.48. The van der Waals surface area contributed by atoms with E-state index in [1.807, 2.05) is 0 Å². The Morgan fingerprint density at radius 2 is 2.04 bits per heavy atom.